The van der Waals surface area contributed by atoms with E-state index in [0.717, 1.165) is 32.3 Å². The molecule has 19 heavy (non-hydrogen) atoms. The van der Waals surface area contributed by atoms with Crippen molar-refractivity contribution >= 4 is 5.91 Å². The minimum absolute atomic E-state index is 0.273. The summed E-state index contributed by atoms with van der Waals surface area (Å²) >= 11 is 0. The van der Waals surface area contributed by atoms with Gasteiger partial charge in [-0.15, -0.1) is 0 Å². The van der Waals surface area contributed by atoms with Crippen LogP contribution in [0.1, 0.15) is 46.0 Å². The van der Waals surface area contributed by atoms with Crippen molar-refractivity contribution in [3.05, 3.63) is 0 Å². The average molecular weight is 272 g/mol. The molecule has 0 aromatic rings. The molecule has 0 saturated heterocycles. The SMILES string of the molecule is CCCOCCOCCCC(C)(NC1CC1)C(N)=O. The van der Waals surface area contributed by atoms with Crippen molar-refractivity contribution < 1.29 is 14.3 Å². The Hall–Kier alpha value is -0.650. The van der Waals surface area contributed by atoms with Gasteiger partial charge in [-0.25, -0.2) is 0 Å². The molecule has 0 heterocycles. The molecule has 0 aromatic heterocycles. The van der Waals surface area contributed by atoms with Gasteiger partial charge in [0.1, 0.15) is 0 Å². The van der Waals surface area contributed by atoms with E-state index in [1.165, 1.54) is 0 Å². The van der Waals surface area contributed by atoms with Crippen LogP contribution in [0.5, 0.6) is 0 Å². The molecule has 1 unspecified atom stereocenters. The summed E-state index contributed by atoms with van der Waals surface area (Å²) in [6, 6.07) is 0.473. The van der Waals surface area contributed by atoms with E-state index >= 15 is 0 Å². The molecule has 5 heteroatoms. The highest BCUT2D eigenvalue weighted by molar-refractivity contribution is 5.84. The van der Waals surface area contributed by atoms with E-state index in [1.807, 2.05) is 6.92 Å². The van der Waals surface area contributed by atoms with Gasteiger partial charge in [0, 0.05) is 19.3 Å². The van der Waals surface area contributed by atoms with Gasteiger partial charge >= 0.3 is 0 Å². The molecule has 1 atom stereocenters. The summed E-state index contributed by atoms with van der Waals surface area (Å²) in [5.74, 6) is -0.273. The fraction of sp³-hybridized carbons (Fsp3) is 0.929. The van der Waals surface area contributed by atoms with Crippen molar-refractivity contribution in [2.45, 2.75) is 57.5 Å². The van der Waals surface area contributed by atoms with Gasteiger partial charge < -0.3 is 20.5 Å². The van der Waals surface area contributed by atoms with Crippen LogP contribution in [0.25, 0.3) is 0 Å². The number of hydrogen-bond acceptors (Lipinski definition) is 4. The Kier molecular flexibility index (Phi) is 7.34. The highest BCUT2D eigenvalue weighted by atomic mass is 16.5. The van der Waals surface area contributed by atoms with E-state index in [9.17, 15) is 4.79 Å². The topological polar surface area (TPSA) is 73.6 Å². The van der Waals surface area contributed by atoms with Crippen LogP contribution in [-0.2, 0) is 14.3 Å². The monoisotopic (exact) mass is 272 g/mol. The first-order chi connectivity index (χ1) is 9.08. The smallest absolute Gasteiger partial charge is 0.237 e. The zero-order valence-corrected chi connectivity index (χ0v) is 12.2. The molecule has 1 saturated carbocycles. The number of primary amides is 1. The van der Waals surface area contributed by atoms with Crippen LogP contribution >= 0.6 is 0 Å². The summed E-state index contributed by atoms with van der Waals surface area (Å²) < 4.78 is 10.8. The summed E-state index contributed by atoms with van der Waals surface area (Å²) in [7, 11) is 0. The fourth-order valence-electron chi connectivity index (χ4n) is 1.94. The van der Waals surface area contributed by atoms with Gasteiger partial charge in [-0.3, -0.25) is 4.79 Å². The van der Waals surface area contributed by atoms with Crippen molar-refractivity contribution in [2.75, 3.05) is 26.4 Å². The lowest BCUT2D eigenvalue weighted by Gasteiger charge is -2.27. The second-order valence-electron chi connectivity index (χ2n) is 5.44. The van der Waals surface area contributed by atoms with Crippen molar-refractivity contribution in [3.63, 3.8) is 0 Å². The van der Waals surface area contributed by atoms with Crippen molar-refractivity contribution in [1.82, 2.24) is 5.32 Å². The van der Waals surface area contributed by atoms with Crippen molar-refractivity contribution in [3.8, 4) is 0 Å². The van der Waals surface area contributed by atoms with E-state index < -0.39 is 5.54 Å². The lowest BCUT2D eigenvalue weighted by molar-refractivity contribution is -0.124. The average Bonchev–Trinajstić information content (AvgIpc) is 3.16. The highest BCUT2D eigenvalue weighted by Gasteiger charge is 2.36. The minimum Gasteiger partial charge on any atom is -0.379 e. The summed E-state index contributed by atoms with van der Waals surface area (Å²) in [4.78, 5) is 11.5. The Bertz CT molecular complexity index is 269. The van der Waals surface area contributed by atoms with E-state index in [1.54, 1.807) is 0 Å². The molecule has 0 spiro atoms. The third kappa shape index (κ3) is 6.89. The number of rotatable bonds is 12. The van der Waals surface area contributed by atoms with Crippen molar-refractivity contribution in [1.29, 1.82) is 0 Å². The van der Waals surface area contributed by atoms with Gasteiger partial charge in [0.2, 0.25) is 5.91 Å². The van der Waals surface area contributed by atoms with Gasteiger partial charge in [-0.1, -0.05) is 6.92 Å². The third-order valence-electron chi connectivity index (χ3n) is 3.33. The molecule has 1 aliphatic carbocycles. The predicted molar refractivity (Wildman–Crippen MR) is 74.9 cm³/mol. The second-order valence-corrected chi connectivity index (χ2v) is 5.44. The third-order valence-corrected chi connectivity index (χ3v) is 3.33. The van der Waals surface area contributed by atoms with E-state index in [0.29, 0.717) is 32.3 Å². The normalized spacial score (nSPS) is 18.2. The van der Waals surface area contributed by atoms with Gasteiger partial charge in [0.15, 0.2) is 0 Å². The van der Waals surface area contributed by atoms with E-state index in [4.69, 9.17) is 15.2 Å². The van der Waals surface area contributed by atoms with Crippen LogP contribution in [-0.4, -0.2) is 43.9 Å². The van der Waals surface area contributed by atoms with Crippen molar-refractivity contribution in [2.24, 2.45) is 5.73 Å². The number of ether oxygens (including phenoxy) is 2. The predicted octanol–water partition coefficient (Wildman–Crippen LogP) is 1.21. The first-order valence-electron chi connectivity index (χ1n) is 7.31. The van der Waals surface area contributed by atoms with Crippen LogP contribution in [0.2, 0.25) is 0 Å². The van der Waals surface area contributed by atoms with Crippen LogP contribution < -0.4 is 11.1 Å². The molecule has 0 bridgehead atoms. The highest BCUT2D eigenvalue weighted by Crippen LogP contribution is 2.24. The Morgan fingerprint density at radius 2 is 1.89 bits per heavy atom. The molecule has 1 fully saturated rings. The molecule has 0 aromatic carbocycles. The number of amides is 1. The summed E-state index contributed by atoms with van der Waals surface area (Å²) in [6.07, 6.45) is 4.87. The van der Waals surface area contributed by atoms with Gasteiger partial charge in [-0.05, 0) is 39.0 Å². The number of nitrogens with two attached hydrogens (primary N) is 1. The first-order valence-corrected chi connectivity index (χ1v) is 7.31. The standard InChI is InChI=1S/C14H28N2O3/c1-3-8-18-10-11-19-9-4-7-14(2,13(15)17)16-12-5-6-12/h12,16H,3-11H2,1-2H3,(H2,15,17). The fourth-order valence-corrected chi connectivity index (χ4v) is 1.94. The maximum absolute atomic E-state index is 11.5. The van der Waals surface area contributed by atoms with Crippen LogP contribution in [0.4, 0.5) is 0 Å². The van der Waals surface area contributed by atoms with E-state index in [2.05, 4.69) is 12.2 Å². The molecular weight excluding hydrogens is 244 g/mol. The van der Waals surface area contributed by atoms with Gasteiger partial charge in [0.25, 0.3) is 0 Å². The Morgan fingerprint density at radius 3 is 2.42 bits per heavy atom. The number of carbonyl (C=O) groups is 1. The number of carbonyl (C=O) groups excluding carboxylic acids is 1. The Morgan fingerprint density at radius 1 is 1.26 bits per heavy atom. The summed E-state index contributed by atoms with van der Waals surface area (Å²) in [5, 5.41) is 3.33. The molecule has 5 nitrogen and oxygen atoms in total. The zero-order valence-electron chi connectivity index (χ0n) is 12.2. The maximum Gasteiger partial charge on any atom is 0.237 e. The quantitative estimate of drug-likeness (QED) is 0.524. The van der Waals surface area contributed by atoms with Crippen LogP contribution in [0.3, 0.4) is 0 Å². The molecule has 1 aliphatic rings. The molecular formula is C14H28N2O3. The number of nitrogens with one attached hydrogen (secondary N) is 1. The van der Waals surface area contributed by atoms with Gasteiger partial charge in [0.05, 0.1) is 18.8 Å². The number of hydrogen-bond donors (Lipinski definition) is 2. The molecule has 112 valence electrons. The largest absolute Gasteiger partial charge is 0.379 e. The lowest BCUT2D eigenvalue weighted by atomic mass is 9.95. The Balaban J connectivity index is 2.06. The maximum atomic E-state index is 11.5. The second kappa shape index (κ2) is 8.51. The molecule has 0 radical (unpaired) electrons. The zero-order chi connectivity index (χ0) is 14.1. The first kappa shape index (κ1) is 16.4. The minimum atomic E-state index is -0.594. The molecule has 0 aliphatic heterocycles. The van der Waals surface area contributed by atoms with E-state index in [-0.39, 0.29) is 5.91 Å². The van der Waals surface area contributed by atoms with Crippen LogP contribution in [0.15, 0.2) is 0 Å². The molecule has 3 N–H and O–H groups in total. The molecule has 1 rings (SSSR count). The lowest BCUT2D eigenvalue weighted by Crippen LogP contribution is -2.54. The Labute approximate surface area is 116 Å². The van der Waals surface area contributed by atoms with Crippen LogP contribution in [0, 0.1) is 0 Å². The summed E-state index contributed by atoms with van der Waals surface area (Å²) in [5.41, 5.74) is 4.89. The summed E-state index contributed by atoms with van der Waals surface area (Å²) in [6.45, 7) is 6.65. The molecule has 1 amide bonds. The van der Waals surface area contributed by atoms with Gasteiger partial charge in [-0.2, -0.15) is 0 Å².